The van der Waals surface area contributed by atoms with Gasteiger partial charge in [0.05, 0.1) is 35.1 Å². The summed E-state index contributed by atoms with van der Waals surface area (Å²) in [5.41, 5.74) is 1.57. The summed E-state index contributed by atoms with van der Waals surface area (Å²) in [4.78, 5) is 0. The molecule has 0 atom stereocenters. The largest absolute Gasteiger partial charge is 0.264 e. The number of rotatable bonds is 2. The van der Waals surface area contributed by atoms with E-state index in [1.807, 2.05) is 13.0 Å². The topological polar surface area (TPSA) is 41.6 Å². The number of aromatic nitrogens is 2. The van der Waals surface area contributed by atoms with E-state index in [0.717, 1.165) is 5.69 Å². The molecule has 86 valence electrons. The van der Waals surface area contributed by atoms with Crippen molar-refractivity contribution in [2.24, 2.45) is 0 Å². The number of hydrogen-bond donors (Lipinski definition) is 0. The maximum absolute atomic E-state index is 13.6. The molecule has 3 nitrogen and oxygen atoms in total. The summed E-state index contributed by atoms with van der Waals surface area (Å²) in [6, 6.07) is 6.28. The summed E-state index contributed by atoms with van der Waals surface area (Å²) >= 11 is 5.86. The van der Waals surface area contributed by atoms with Gasteiger partial charge in [-0.3, -0.25) is 4.68 Å². The first kappa shape index (κ1) is 11.6. The van der Waals surface area contributed by atoms with Crippen molar-refractivity contribution in [1.82, 2.24) is 9.78 Å². The second-order valence-electron chi connectivity index (χ2n) is 3.65. The van der Waals surface area contributed by atoms with E-state index in [0.29, 0.717) is 22.7 Å². The van der Waals surface area contributed by atoms with Crippen LogP contribution in [0, 0.1) is 24.1 Å². The van der Waals surface area contributed by atoms with E-state index in [1.54, 1.807) is 16.8 Å². The second-order valence-corrected chi connectivity index (χ2v) is 4.06. The minimum absolute atomic E-state index is 0.302. The molecule has 5 heteroatoms. The van der Waals surface area contributed by atoms with E-state index < -0.39 is 5.82 Å². The van der Waals surface area contributed by atoms with Crippen molar-refractivity contribution < 1.29 is 4.39 Å². The summed E-state index contributed by atoms with van der Waals surface area (Å²) in [7, 11) is 0. The molecule has 0 aliphatic carbocycles. The van der Waals surface area contributed by atoms with Gasteiger partial charge < -0.3 is 0 Å². The Balaban J connectivity index is 2.31. The first-order valence-corrected chi connectivity index (χ1v) is 5.36. The predicted molar refractivity (Wildman–Crippen MR) is 62.2 cm³/mol. The maximum atomic E-state index is 13.6. The average molecular weight is 250 g/mol. The lowest BCUT2D eigenvalue weighted by Crippen LogP contribution is -2.05. The smallest absolute Gasteiger partial charge is 0.129 e. The highest BCUT2D eigenvalue weighted by atomic mass is 35.5. The van der Waals surface area contributed by atoms with Crippen LogP contribution in [0.1, 0.15) is 16.8 Å². The first-order chi connectivity index (χ1) is 8.11. The van der Waals surface area contributed by atoms with Gasteiger partial charge in [-0.1, -0.05) is 17.7 Å². The van der Waals surface area contributed by atoms with E-state index >= 15 is 0 Å². The number of nitrogens with zero attached hydrogens (tertiary/aromatic N) is 3. The molecule has 1 aromatic carbocycles. The summed E-state index contributed by atoms with van der Waals surface area (Å²) < 4.78 is 15.3. The third-order valence-corrected chi connectivity index (χ3v) is 2.92. The van der Waals surface area contributed by atoms with Crippen LogP contribution < -0.4 is 0 Å². The molecule has 0 radical (unpaired) electrons. The molecule has 2 aromatic rings. The van der Waals surface area contributed by atoms with E-state index in [9.17, 15) is 4.39 Å². The zero-order valence-electron chi connectivity index (χ0n) is 9.11. The molecule has 0 aliphatic heterocycles. The fourth-order valence-corrected chi connectivity index (χ4v) is 1.63. The van der Waals surface area contributed by atoms with Crippen molar-refractivity contribution in [1.29, 1.82) is 5.26 Å². The van der Waals surface area contributed by atoms with Gasteiger partial charge in [0.2, 0.25) is 0 Å². The van der Waals surface area contributed by atoms with Crippen LogP contribution in [0.3, 0.4) is 0 Å². The molecule has 0 bridgehead atoms. The number of halogens is 2. The quantitative estimate of drug-likeness (QED) is 0.821. The Bertz CT molecular complexity index is 598. The van der Waals surface area contributed by atoms with Gasteiger partial charge in [-0.15, -0.1) is 0 Å². The van der Waals surface area contributed by atoms with Gasteiger partial charge >= 0.3 is 0 Å². The van der Waals surface area contributed by atoms with Crippen LogP contribution in [0.5, 0.6) is 0 Å². The van der Waals surface area contributed by atoms with E-state index in [1.165, 1.54) is 12.3 Å². The van der Waals surface area contributed by atoms with Gasteiger partial charge in [0.1, 0.15) is 5.82 Å². The number of benzene rings is 1. The standard InChI is InChI=1S/C12H9ClFN3/c1-8-11(13)6-16-17(8)7-10-3-2-9(5-15)4-12(10)14/h2-4,6H,7H2,1H3. The maximum Gasteiger partial charge on any atom is 0.129 e. The van der Waals surface area contributed by atoms with Gasteiger partial charge in [0.15, 0.2) is 0 Å². The summed E-state index contributed by atoms with van der Waals surface area (Å²) in [5, 5.41) is 13.2. The first-order valence-electron chi connectivity index (χ1n) is 4.98. The second kappa shape index (κ2) is 4.56. The molecule has 1 aromatic heterocycles. The molecule has 0 spiro atoms. The molecule has 0 fully saturated rings. The van der Waals surface area contributed by atoms with Crippen LogP contribution in [-0.2, 0) is 6.54 Å². The lowest BCUT2D eigenvalue weighted by atomic mass is 10.1. The molecule has 2 rings (SSSR count). The Morgan fingerprint density at radius 2 is 2.29 bits per heavy atom. The highest BCUT2D eigenvalue weighted by Gasteiger charge is 2.08. The van der Waals surface area contributed by atoms with Crippen LogP contribution in [0.15, 0.2) is 24.4 Å². The lowest BCUT2D eigenvalue weighted by Gasteiger charge is -2.06. The fraction of sp³-hybridized carbons (Fsp3) is 0.167. The molecule has 0 aliphatic rings. The minimum atomic E-state index is -0.407. The average Bonchev–Trinajstić information content (AvgIpc) is 2.63. The van der Waals surface area contributed by atoms with Crippen molar-refractivity contribution in [3.05, 3.63) is 52.1 Å². The molecule has 0 saturated carbocycles. The van der Waals surface area contributed by atoms with Gasteiger partial charge in [-0.25, -0.2) is 4.39 Å². The number of nitriles is 1. The van der Waals surface area contributed by atoms with Crippen molar-refractivity contribution in [3.63, 3.8) is 0 Å². The van der Waals surface area contributed by atoms with Crippen molar-refractivity contribution in [2.45, 2.75) is 13.5 Å². The van der Waals surface area contributed by atoms with Crippen molar-refractivity contribution in [2.75, 3.05) is 0 Å². The summed E-state index contributed by atoms with van der Waals surface area (Å²) in [6.07, 6.45) is 1.53. The highest BCUT2D eigenvalue weighted by Crippen LogP contribution is 2.16. The van der Waals surface area contributed by atoms with Crippen LogP contribution >= 0.6 is 11.6 Å². The SMILES string of the molecule is Cc1c(Cl)cnn1Cc1ccc(C#N)cc1F. The molecule has 0 amide bonds. The molecular weight excluding hydrogens is 241 g/mol. The molecule has 0 unspecified atom stereocenters. The van der Waals surface area contributed by atoms with Crippen LogP contribution in [0.4, 0.5) is 4.39 Å². The molecule has 0 saturated heterocycles. The van der Waals surface area contributed by atoms with E-state index in [-0.39, 0.29) is 0 Å². The summed E-state index contributed by atoms with van der Waals surface area (Å²) in [6.45, 7) is 2.12. The molecule has 1 heterocycles. The van der Waals surface area contributed by atoms with E-state index in [2.05, 4.69) is 5.10 Å². The highest BCUT2D eigenvalue weighted by molar-refractivity contribution is 6.31. The minimum Gasteiger partial charge on any atom is -0.264 e. The Labute approximate surface area is 103 Å². The Morgan fingerprint density at radius 3 is 2.82 bits per heavy atom. The van der Waals surface area contributed by atoms with E-state index in [4.69, 9.17) is 16.9 Å². The fourth-order valence-electron chi connectivity index (χ4n) is 1.49. The normalized spacial score (nSPS) is 10.2. The third-order valence-electron chi connectivity index (χ3n) is 2.55. The third kappa shape index (κ3) is 2.29. The Kier molecular flexibility index (Phi) is 3.12. The van der Waals surface area contributed by atoms with Gasteiger partial charge in [-0.05, 0) is 19.1 Å². The van der Waals surface area contributed by atoms with Gasteiger partial charge in [0, 0.05) is 5.56 Å². The Hall–Kier alpha value is -1.86. The van der Waals surface area contributed by atoms with Gasteiger partial charge in [-0.2, -0.15) is 10.4 Å². The molecule has 0 N–H and O–H groups in total. The lowest BCUT2D eigenvalue weighted by molar-refractivity contribution is 0.580. The van der Waals surface area contributed by atoms with Gasteiger partial charge in [0.25, 0.3) is 0 Å². The van der Waals surface area contributed by atoms with Crippen molar-refractivity contribution >= 4 is 11.6 Å². The summed E-state index contributed by atoms with van der Waals surface area (Å²) in [5.74, 6) is -0.407. The number of hydrogen-bond acceptors (Lipinski definition) is 2. The van der Waals surface area contributed by atoms with Crippen molar-refractivity contribution in [3.8, 4) is 6.07 Å². The zero-order chi connectivity index (χ0) is 12.4. The molecule has 17 heavy (non-hydrogen) atoms. The molecular formula is C12H9ClFN3. The Morgan fingerprint density at radius 1 is 1.53 bits per heavy atom. The predicted octanol–water partition coefficient (Wildman–Crippen LogP) is 2.90. The van der Waals surface area contributed by atoms with Crippen LogP contribution in [-0.4, -0.2) is 9.78 Å². The van der Waals surface area contributed by atoms with Crippen LogP contribution in [0.2, 0.25) is 5.02 Å². The zero-order valence-corrected chi connectivity index (χ0v) is 9.87. The monoisotopic (exact) mass is 249 g/mol. The van der Waals surface area contributed by atoms with Crippen LogP contribution in [0.25, 0.3) is 0 Å².